The van der Waals surface area contributed by atoms with E-state index in [4.69, 9.17) is 4.74 Å². The number of anilines is 1. The van der Waals surface area contributed by atoms with E-state index in [1.807, 2.05) is 42.5 Å². The number of hydrogen-bond acceptors (Lipinski definition) is 6. The lowest BCUT2D eigenvalue weighted by molar-refractivity contribution is -0.384. The van der Waals surface area contributed by atoms with Crippen LogP contribution in [0.3, 0.4) is 0 Å². The fourth-order valence-electron chi connectivity index (χ4n) is 5.77. The lowest BCUT2D eigenvalue weighted by Crippen LogP contribution is -2.49. The van der Waals surface area contributed by atoms with Gasteiger partial charge in [0.2, 0.25) is 5.91 Å². The molecule has 8 nitrogen and oxygen atoms in total. The zero-order valence-corrected chi connectivity index (χ0v) is 22.6. The van der Waals surface area contributed by atoms with Gasteiger partial charge in [-0.15, -0.1) is 0 Å². The van der Waals surface area contributed by atoms with Crippen LogP contribution < -0.4 is 4.90 Å². The van der Waals surface area contributed by atoms with Gasteiger partial charge in [0, 0.05) is 18.6 Å². The maximum atomic E-state index is 14.5. The lowest BCUT2D eigenvalue weighted by Gasteiger charge is -2.34. The summed E-state index contributed by atoms with van der Waals surface area (Å²) in [5.41, 5.74) is 1.29. The fraction of sp³-hybridized carbons (Fsp3) is 0.281. The molecule has 2 amide bonds. The number of nitro groups is 1. The van der Waals surface area contributed by atoms with Crippen LogP contribution >= 0.6 is 0 Å². The molecule has 3 aromatic carbocycles. The summed E-state index contributed by atoms with van der Waals surface area (Å²) in [5.74, 6) is -0.899. The van der Waals surface area contributed by atoms with E-state index in [-0.39, 0.29) is 17.9 Å². The molecule has 1 heterocycles. The predicted octanol–water partition coefficient (Wildman–Crippen LogP) is 6.42. The lowest BCUT2D eigenvalue weighted by atomic mass is 9.66. The molecule has 0 bridgehead atoms. The van der Waals surface area contributed by atoms with E-state index in [0.717, 1.165) is 10.5 Å². The normalized spacial score (nSPS) is 21.5. The van der Waals surface area contributed by atoms with Crippen LogP contribution in [0, 0.1) is 16.0 Å². The largest absolute Gasteiger partial charge is 0.443 e. The summed E-state index contributed by atoms with van der Waals surface area (Å²) in [6.45, 7) is 5.25. The van der Waals surface area contributed by atoms with Crippen LogP contribution in [0.15, 0.2) is 84.4 Å². The number of non-ortho nitro benzene ring substituents is 1. The Hall–Kier alpha value is -4.59. The maximum Gasteiger partial charge on any atom is 0.421 e. The summed E-state index contributed by atoms with van der Waals surface area (Å²) in [4.78, 5) is 52.9. The monoisotopic (exact) mass is 538 g/mol. The van der Waals surface area contributed by atoms with E-state index in [2.05, 4.69) is 0 Å². The van der Waals surface area contributed by atoms with Crippen molar-refractivity contribution in [2.75, 3.05) is 4.90 Å². The molecule has 1 fully saturated rings. The quantitative estimate of drug-likeness (QED) is 0.211. The molecule has 204 valence electrons. The van der Waals surface area contributed by atoms with Crippen molar-refractivity contribution >= 4 is 35.2 Å². The zero-order chi connectivity index (χ0) is 28.7. The summed E-state index contributed by atoms with van der Waals surface area (Å²) in [6, 6.07) is 22.8. The number of nitrogens with zero attached hydrogens (tertiary/aromatic N) is 2. The van der Waals surface area contributed by atoms with E-state index >= 15 is 0 Å². The molecule has 0 unspecified atom stereocenters. The van der Waals surface area contributed by atoms with Gasteiger partial charge in [0.15, 0.2) is 5.78 Å². The molecule has 1 saturated carbocycles. The third kappa shape index (κ3) is 4.93. The van der Waals surface area contributed by atoms with Crippen molar-refractivity contribution in [1.29, 1.82) is 0 Å². The Bertz CT molecular complexity index is 1520. The standard InChI is InChI=1S/C32H30N2O6/c1-31(2,3)40-30(37)33-27-12-8-7-11-26(27)32(29(33)36,20-22-9-5-4-6-10-22)24-18-23(28(35)19-24)17-21-13-15-25(16-14-21)34(38)39/h4-17,24H,18-20H2,1-3H3/b23-17+/t24-,32+/m1/s1. The molecule has 40 heavy (non-hydrogen) atoms. The number of imide groups is 1. The number of para-hydroxylation sites is 1. The molecule has 5 rings (SSSR count). The van der Waals surface area contributed by atoms with E-state index in [0.29, 0.717) is 35.2 Å². The highest BCUT2D eigenvalue weighted by molar-refractivity contribution is 6.22. The van der Waals surface area contributed by atoms with Gasteiger partial charge < -0.3 is 4.74 Å². The number of nitro benzene ring substituents is 1. The smallest absolute Gasteiger partial charge is 0.421 e. The molecule has 2 atom stereocenters. The molecule has 1 aliphatic carbocycles. The molecule has 0 radical (unpaired) electrons. The molecule has 1 aliphatic heterocycles. The predicted molar refractivity (Wildman–Crippen MR) is 151 cm³/mol. The Morgan fingerprint density at radius 2 is 1.65 bits per heavy atom. The minimum Gasteiger partial charge on any atom is -0.443 e. The Kier molecular flexibility index (Phi) is 6.87. The van der Waals surface area contributed by atoms with Crippen LogP contribution in [0.25, 0.3) is 6.08 Å². The number of ketones is 1. The molecule has 3 aromatic rings. The van der Waals surface area contributed by atoms with Gasteiger partial charge in [-0.3, -0.25) is 19.7 Å². The van der Waals surface area contributed by atoms with Gasteiger partial charge in [-0.25, -0.2) is 9.69 Å². The third-order valence-corrected chi connectivity index (χ3v) is 7.51. The van der Waals surface area contributed by atoms with Crippen LogP contribution in [0.1, 0.15) is 50.3 Å². The number of allylic oxidation sites excluding steroid dienone is 1. The fourth-order valence-corrected chi connectivity index (χ4v) is 5.77. The van der Waals surface area contributed by atoms with Crippen molar-refractivity contribution < 1.29 is 24.0 Å². The van der Waals surface area contributed by atoms with Crippen molar-refractivity contribution in [3.63, 3.8) is 0 Å². The second-order valence-electron chi connectivity index (χ2n) is 11.3. The Morgan fingerprint density at radius 1 is 1.00 bits per heavy atom. The van der Waals surface area contributed by atoms with E-state index < -0.39 is 33.9 Å². The molecule has 0 aromatic heterocycles. The van der Waals surface area contributed by atoms with E-state index in [9.17, 15) is 24.5 Å². The zero-order valence-electron chi connectivity index (χ0n) is 22.6. The van der Waals surface area contributed by atoms with Crippen LogP contribution in [0.4, 0.5) is 16.2 Å². The molecule has 8 heteroatoms. The van der Waals surface area contributed by atoms with Gasteiger partial charge in [-0.1, -0.05) is 48.5 Å². The van der Waals surface area contributed by atoms with Crippen molar-refractivity contribution in [3.8, 4) is 0 Å². The number of carbonyl (C=O) groups excluding carboxylic acids is 3. The van der Waals surface area contributed by atoms with E-state index in [1.54, 1.807) is 51.1 Å². The average molecular weight is 539 g/mol. The Labute approximate surface area is 232 Å². The number of benzene rings is 3. The minimum absolute atomic E-state index is 0.0324. The van der Waals surface area contributed by atoms with Gasteiger partial charge in [0.25, 0.3) is 5.69 Å². The third-order valence-electron chi connectivity index (χ3n) is 7.51. The van der Waals surface area contributed by atoms with Crippen LogP contribution in [0.5, 0.6) is 0 Å². The number of Topliss-reactive ketones (excluding diaryl/α,β-unsaturated/α-hetero) is 1. The maximum absolute atomic E-state index is 14.5. The van der Waals surface area contributed by atoms with Gasteiger partial charge in [0.1, 0.15) is 5.60 Å². The summed E-state index contributed by atoms with van der Waals surface area (Å²) in [5, 5.41) is 11.0. The Balaban J connectivity index is 1.59. The number of fused-ring (bicyclic) bond motifs is 1. The number of hydrogen-bond donors (Lipinski definition) is 0. The minimum atomic E-state index is -1.17. The van der Waals surface area contributed by atoms with Crippen LogP contribution in [-0.2, 0) is 26.2 Å². The SMILES string of the molecule is CC(C)(C)OC(=O)N1C(=O)[C@@](Cc2ccccc2)([C@H]2CC(=O)/C(=C/c3ccc([N+](=O)[O-])cc3)C2)c2ccccc21. The van der Waals surface area contributed by atoms with Crippen molar-refractivity contribution in [2.24, 2.45) is 5.92 Å². The summed E-state index contributed by atoms with van der Waals surface area (Å²) in [6.07, 6.45) is 1.76. The highest BCUT2D eigenvalue weighted by atomic mass is 16.6. The first kappa shape index (κ1) is 27.0. The Morgan fingerprint density at radius 3 is 2.30 bits per heavy atom. The number of ether oxygens (including phenoxy) is 1. The van der Waals surface area contributed by atoms with Gasteiger partial charge in [-0.2, -0.15) is 0 Å². The summed E-state index contributed by atoms with van der Waals surface area (Å²) in [7, 11) is 0. The number of rotatable bonds is 5. The number of amides is 2. The number of carbonyl (C=O) groups is 3. The van der Waals surface area contributed by atoms with Crippen molar-refractivity contribution in [1.82, 2.24) is 0 Å². The first-order chi connectivity index (χ1) is 19.0. The van der Waals surface area contributed by atoms with Gasteiger partial charge in [0.05, 0.1) is 16.0 Å². The average Bonchev–Trinajstić information content (AvgIpc) is 3.39. The van der Waals surface area contributed by atoms with Crippen LogP contribution in [-0.4, -0.2) is 28.3 Å². The molecule has 0 N–H and O–H groups in total. The second kappa shape index (κ2) is 10.2. The first-order valence-corrected chi connectivity index (χ1v) is 13.2. The van der Waals surface area contributed by atoms with Gasteiger partial charge in [-0.05, 0) is 86.1 Å². The van der Waals surface area contributed by atoms with Crippen molar-refractivity contribution in [3.05, 3.63) is 111 Å². The van der Waals surface area contributed by atoms with E-state index in [1.165, 1.54) is 12.1 Å². The molecule has 0 saturated heterocycles. The molecule has 0 spiro atoms. The summed E-state index contributed by atoms with van der Waals surface area (Å²) >= 11 is 0. The second-order valence-corrected chi connectivity index (χ2v) is 11.3. The molecule has 2 aliphatic rings. The highest BCUT2D eigenvalue weighted by Gasteiger charge is 2.59. The van der Waals surface area contributed by atoms with Crippen molar-refractivity contribution in [2.45, 2.75) is 51.0 Å². The first-order valence-electron chi connectivity index (χ1n) is 13.2. The highest BCUT2D eigenvalue weighted by Crippen LogP contribution is 2.53. The van der Waals surface area contributed by atoms with Crippen LogP contribution in [0.2, 0.25) is 0 Å². The molecular formula is C32H30N2O6. The topological polar surface area (TPSA) is 107 Å². The molecular weight excluding hydrogens is 508 g/mol. The van der Waals surface area contributed by atoms with Gasteiger partial charge >= 0.3 is 6.09 Å². The summed E-state index contributed by atoms with van der Waals surface area (Å²) < 4.78 is 5.64.